The van der Waals surface area contributed by atoms with Crippen LogP contribution >= 0.6 is 0 Å². The summed E-state index contributed by atoms with van der Waals surface area (Å²) in [7, 11) is -3.92. The van der Waals surface area contributed by atoms with Crippen molar-refractivity contribution in [3.8, 4) is 0 Å². The van der Waals surface area contributed by atoms with Crippen molar-refractivity contribution < 1.29 is 27.9 Å². The lowest BCUT2D eigenvalue weighted by Gasteiger charge is -2.22. The molecular formula is C17H23N3O6S. The fourth-order valence-electron chi connectivity index (χ4n) is 2.92. The van der Waals surface area contributed by atoms with Crippen LogP contribution in [0.5, 0.6) is 0 Å². The molecule has 9 nitrogen and oxygen atoms in total. The third-order valence-electron chi connectivity index (χ3n) is 4.73. The third kappa shape index (κ3) is 4.83. The van der Waals surface area contributed by atoms with Gasteiger partial charge in [0, 0.05) is 18.7 Å². The molecule has 0 spiro atoms. The number of sulfonamides is 1. The summed E-state index contributed by atoms with van der Waals surface area (Å²) in [4.78, 5) is 37.3. The second-order valence-electron chi connectivity index (χ2n) is 6.66. The molecule has 0 radical (unpaired) electrons. The fraction of sp³-hybridized carbons (Fsp3) is 0.471. The van der Waals surface area contributed by atoms with Gasteiger partial charge in [0.25, 0.3) is 0 Å². The zero-order chi connectivity index (χ0) is 20.4. The second-order valence-corrected chi connectivity index (χ2v) is 8.22. The molecule has 0 saturated carbocycles. The van der Waals surface area contributed by atoms with Crippen molar-refractivity contribution in [3.63, 3.8) is 0 Å². The molecule has 10 heteroatoms. The SMILES string of the molecule is CCC(C)C(NC(=O)C1CC(=O)N(c2cccc(S(N)(=O)=O)c2)C1)C(=O)O. The van der Waals surface area contributed by atoms with Crippen LogP contribution in [0.2, 0.25) is 0 Å². The molecule has 1 aromatic rings. The first-order valence-electron chi connectivity index (χ1n) is 8.51. The third-order valence-corrected chi connectivity index (χ3v) is 5.64. The molecule has 2 rings (SSSR count). The number of nitrogens with zero attached hydrogens (tertiary/aromatic N) is 1. The van der Waals surface area contributed by atoms with Gasteiger partial charge in [0.05, 0.1) is 10.8 Å². The number of carbonyl (C=O) groups is 3. The van der Waals surface area contributed by atoms with Gasteiger partial charge in [-0.05, 0) is 24.1 Å². The van der Waals surface area contributed by atoms with Crippen molar-refractivity contribution in [2.75, 3.05) is 11.4 Å². The Kier molecular flexibility index (Phi) is 6.22. The van der Waals surface area contributed by atoms with E-state index in [1.807, 2.05) is 6.92 Å². The molecule has 3 atom stereocenters. The Morgan fingerprint density at radius 2 is 2.07 bits per heavy atom. The minimum absolute atomic E-state index is 0.0333. The Morgan fingerprint density at radius 3 is 2.63 bits per heavy atom. The number of aliphatic carboxylic acids is 1. The highest BCUT2D eigenvalue weighted by Gasteiger charge is 2.37. The Balaban J connectivity index is 2.15. The van der Waals surface area contributed by atoms with Crippen LogP contribution < -0.4 is 15.4 Å². The van der Waals surface area contributed by atoms with Gasteiger partial charge in [-0.15, -0.1) is 0 Å². The van der Waals surface area contributed by atoms with Crippen LogP contribution in [0.1, 0.15) is 26.7 Å². The van der Waals surface area contributed by atoms with E-state index in [1.165, 1.54) is 23.1 Å². The number of hydrogen-bond acceptors (Lipinski definition) is 5. The lowest BCUT2D eigenvalue weighted by Crippen LogP contribution is -2.47. The average molecular weight is 397 g/mol. The van der Waals surface area contributed by atoms with E-state index in [-0.39, 0.29) is 29.7 Å². The minimum Gasteiger partial charge on any atom is -0.480 e. The molecule has 2 amide bonds. The number of carboxylic acid groups (broad SMARTS) is 1. The topological polar surface area (TPSA) is 147 Å². The number of amides is 2. The van der Waals surface area contributed by atoms with E-state index in [0.717, 1.165) is 0 Å². The zero-order valence-electron chi connectivity index (χ0n) is 15.1. The number of anilines is 1. The van der Waals surface area contributed by atoms with Crippen molar-refractivity contribution in [3.05, 3.63) is 24.3 Å². The first kappa shape index (κ1) is 20.8. The molecule has 0 aliphatic carbocycles. The Labute approximate surface area is 157 Å². The summed E-state index contributed by atoms with van der Waals surface area (Å²) in [6, 6.07) is 4.56. The summed E-state index contributed by atoms with van der Waals surface area (Å²) in [6.07, 6.45) is 0.492. The molecule has 27 heavy (non-hydrogen) atoms. The largest absolute Gasteiger partial charge is 0.480 e. The van der Waals surface area contributed by atoms with Gasteiger partial charge in [-0.3, -0.25) is 9.59 Å². The molecule has 4 N–H and O–H groups in total. The van der Waals surface area contributed by atoms with Crippen molar-refractivity contribution in [2.24, 2.45) is 17.0 Å². The van der Waals surface area contributed by atoms with Gasteiger partial charge in [0.15, 0.2) is 0 Å². The van der Waals surface area contributed by atoms with Crippen LogP contribution in [0.3, 0.4) is 0 Å². The molecule has 0 bridgehead atoms. The lowest BCUT2D eigenvalue weighted by molar-refractivity contribution is -0.143. The second kappa shape index (κ2) is 8.05. The van der Waals surface area contributed by atoms with Crippen LogP contribution in [-0.2, 0) is 24.4 Å². The van der Waals surface area contributed by atoms with Crippen LogP contribution in [0.4, 0.5) is 5.69 Å². The number of carboxylic acids is 1. The molecule has 1 heterocycles. The quantitative estimate of drug-likeness (QED) is 0.603. The Bertz CT molecular complexity index is 854. The molecular weight excluding hydrogens is 374 g/mol. The first-order valence-corrected chi connectivity index (χ1v) is 10.1. The van der Waals surface area contributed by atoms with Gasteiger partial charge < -0.3 is 15.3 Å². The summed E-state index contributed by atoms with van der Waals surface area (Å²) < 4.78 is 23.0. The number of rotatable bonds is 7. The van der Waals surface area contributed by atoms with E-state index in [1.54, 1.807) is 13.0 Å². The van der Waals surface area contributed by atoms with Gasteiger partial charge in [-0.2, -0.15) is 0 Å². The summed E-state index contributed by atoms with van der Waals surface area (Å²) in [5, 5.41) is 16.9. The summed E-state index contributed by atoms with van der Waals surface area (Å²) in [5.74, 6) is -2.97. The highest BCUT2D eigenvalue weighted by Crippen LogP contribution is 2.27. The van der Waals surface area contributed by atoms with Gasteiger partial charge >= 0.3 is 5.97 Å². The van der Waals surface area contributed by atoms with Crippen LogP contribution in [0, 0.1) is 11.8 Å². The number of benzene rings is 1. The fourth-order valence-corrected chi connectivity index (χ4v) is 3.47. The molecule has 0 aromatic heterocycles. The van der Waals surface area contributed by atoms with E-state index < -0.39 is 33.9 Å². The molecule has 3 unspecified atom stereocenters. The molecule has 148 valence electrons. The van der Waals surface area contributed by atoms with Crippen molar-refractivity contribution in [2.45, 2.75) is 37.6 Å². The molecule has 1 aliphatic heterocycles. The number of primary sulfonamides is 1. The number of carbonyl (C=O) groups excluding carboxylic acids is 2. The van der Waals surface area contributed by atoms with Crippen molar-refractivity contribution in [1.29, 1.82) is 0 Å². The van der Waals surface area contributed by atoms with Gasteiger partial charge in [-0.1, -0.05) is 26.3 Å². The van der Waals surface area contributed by atoms with Crippen LogP contribution in [0.15, 0.2) is 29.2 Å². The standard InChI is InChI=1S/C17H23N3O6S/c1-3-10(2)15(17(23)24)19-16(22)11-7-14(21)20(9-11)12-5-4-6-13(8-12)27(18,25)26/h4-6,8,10-11,15H,3,7,9H2,1-2H3,(H,19,22)(H,23,24)(H2,18,25,26). The van der Waals surface area contributed by atoms with E-state index in [4.69, 9.17) is 5.14 Å². The van der Waals surface area contributed by atoms with E-state index in [2.05, 4.69) is 5.32 Å². The van der Waals surface area contributed by atoms with Gasteiger partial charge in [-0.25, -0.2) is 18.4 Å². The number of hydrogen-bond donors (Lipinski definition) is 3. The maximum atomic E-state index is 12.5. The Hall–Kier alpha value is -2.46. The highest BCUT2D eigenvalue weighted by atomic mass is 32.2. The summed E-state index contributed by atoms with van der Waals surface area (Å²) in [6.45, 7) is 3.58. The maximum absolute atomic E-state index is 12.5. The predicted octanol–water partition coefficient (Wildman–Crippen LogP) is 0.302. The molecule has 1 aromatic carbocycles. The van der Waals surface area contributed by atoms with Gasteiger partial charge in [0.1, 0.15) is 6.04 Å². The monoisotopic (exact) mass is 397 g/mol. The summed E-state index contributed by atoms with van der Waals surface area (Å²) >= 11 is 0. The predicted molar refractivity (Wildman–Crippen MR) is 97.3 cm³/mol. The van der Waals surface area contributed by atoms with E-state index in [9.17, 15) is 27.9 Å². The smallest absolute Gasteiger partial charge is 0.326 e. The average Bonchev–Trinajstić information content (AvgIpc) is 2.99. The summed E-state index contributed by atoms with van der Waals surface area (Å²) in [5.41, 5.74) is 0.318. The van der Waals surface area contributed by atoms with E-state index in [0.29, 0.717) is 12.1 Å². The van der Waals surface area contributed by atoms with E-state index >= 15 is 0 Å². The Morgan fingerprint density at radius 1 is 1.41 bits per heavy atom. The zero-order valence-corrected chi connectivity index (χ0v) is 15.9. The highest BCUT2D eigenvalue weighted by molar-refractivity contribution is 7.89. The first-order chi connectivity index (χ1) is 12.5. The number of nitrogens with one attached hydrogen (secondary N) is 1. The molecule has 1 fully saturated rings. The van der Waals surface area contributed by atoms with Crippen molar-refractivity contribution in [1.82, 2.24) is 5.32 Å². The number of nitrogens with two attached hydrogens (primary N) is 1. The molecule has 1 aliphatic rings. The van der Waals surface area contributed by atoms with Crippen LogP contribution in [0.25, 0.3) is 0 Å². The van der Waals surface area contributed by atoms with Crippen molar-refractivity contribution >= 4 is 33.5 Å². The van der Waals surface area contributed by atoms with Crippen LogP contribution in [-0.4, -0.2) is 43.9 Å². The van der Waals surface area contributed by atoms with Gasteiger partial charge in [0.2, 0.25) is 21.8 Å². The normalized spacial score (nSPS) is 19.6. The maximum Gasteiger partial charge on any atom is 0.326 e. The minimum atomic E-state index is -3.92. The lowest BCUT2D eigenvalue weighted by atomic mass is 9.98. The molecule has 1 saturated heterocycles.